The van der Waals surface area contributed by atoms with Crippen LogP contribution in [0.15, 0.2) is 30.3 Å². The highest BCUT2D eigenvalue weighted by molar-refractivity contribution is 6.33. The number of nitrogen functional groups attached to an aromatic ring is 2. The maximum absolute atomic E-state index is 13.9. The summed E-state index contributed by atoms with van der Waals surface area (Å²) in [6, 6.07) is 8.04. The Morgan fingerprint density at radius 2 is 1.79 bits per heavy atom. The van der Waals surface area contributed by atoms with Gasteiger partial charge in [-0.25, -0.2) is 4.39 Å². The summed E-state index contributed by atoms with van der Waals surface area (Å²) in [6.45, 7) is 0. The van der Waals surface area contributed by atoms with Gasteiger partial charge in [0.1, 0.15) is 16.5 Å². The van der Waals surface area contributed by atoms with Gasteiger partial charge < -0.3 is 20.9 Å². The molecule has 0 bridgehead atoms. The Morgan fingerprint density at radius 1 is 1.11 bits per heavy atom. The molecule has 0 aromatic heterocycles. The Morgan fingerprint density at radius 3 is 2.47 bits per heavy atom. The lowest BCUT2D eigenvalue weighted by atomic mass is 10.2. The normalized spacial score (nSPS) is 10.3. The fourth-order valence-electron chi connectivity index (χ4n) is 1.54. The molecule has 0 spiro atoms. The quantitative estimate of drug-likeness (QED) is 0.846. The lowest BCUT2D eigenvalue weighted by Gasteiger charge is -2.12. The van der Waals surface area contributed by atoms with Gasteiger partial charge in [-0.15, -0.1) is 0 Å². The van der Waals surface area contributed by atoms with E-state index in [1.807, 2.05) is 0 Å². The summed E-state index contributed by atoms with van der Waals surface area (Å²) in [5.41, 5.74) is 11.3. The van der Waals surface area contributed by atoms with Crippen LogP contribution in [0.5, 0.6) is 17.2 Å². The van der Waals surface area contributed by atoms with E-state index < -0.39 is 5.82 Å². The predicted octanol–water partition coefficient (Wildman–Crippen LogP) is 3.44. The van der Waals surface area contributed by atoms with Crippen molar-refractivity contribution < 1.29 is 13.9 Å². The minimum atomic E-state index is -0.790. The van der Waals surface area contributed by atoms with Crippen molar-refractivity contribution in [2.75, 3.05) is 18.6 Å². The Balaban J connectivity index is 2.40. The van der Waals surface area contributed by atoms with Gasteiger partial charge in [-0.3, -0.25) is 0 Å². The molecule has 4 nitrogen and oxygen atoms in total. The van der Waals surface area contributed by atoms with E-state index in [1.165, 1.54) is 13.2 Å². The van der Waals surface area contributed by atoms with Crippen LogP contribution < -0.4 is 20.9 Å². The van der Waals surface area contributed by atoms with Crippen LogP contribution in [0.25, 0.3) is 0 Å². The molecule has 2 aromatic rings. The van der Waals surface area contributed by atoms with Gasteiger partial charge in [-0.1, -0.05) is 17.7 Å². The van der Waals surface area contributed by atoms with Crippen molar-refractivity contribution in [1.29, 1.82) is 0 Å². The topological polar surface area (TPSA) is 70.5 Å². The lowest BCUT2D eigenvalue weighted by molar-refractivity contribution is 0.405. The molecule has 0 amide bonds. The third-order valence-corrected chi connectivity index (χ3v) is 2.86. The molecule has 100 valence electrons. The first-order chi connectivity index (χ1) is 9.02. The summed E-state index contributed by atoms with van der Waals surface area (Å²) in [6.07, 6.45) is 0. The van der Waals surface area contributed by atoms with Crippen LogP contribution in [0.2, 0.25) is 5.02 Å². The summed E-state index contributed by atoms with van der Waals surface area (Å²) < 4.78 is 24.4. The second-order valence-electron chi connectivity index (χ2n) is 3.79. The second kappa shape index (κ2) is 5.24. The molecule has 0 atom stereocenters. The number of ether oxygens (including phenoxy) is 2. The van der Waals surface area contributed by atoms with Gasteiger partial charge in [-0.05, 0) is 18.2 Å². The second-order valence-corrected chi connectivity index (χ2v) is 4.17. The number of nitrogens with two attached hydrogens (primary N) is 2. The molecule has 19 heavy (non-hydrogen) atoms. The van der Waals surface area contributed by atoms with Gasteiger partial charge in [0.2, 0.25) is 0 Å². The maximum Gasteiger partial charge on any atom is 0.188 e. The summed E-state index contributed by atoms with van der Waals surface area (Å²) in [4.78, 5) is 0. The lowest BCUT2D eigenvalue weighted by Crippen LogP contribution is -1.99. The molecule has 0 radical (unpaired) electrons. The molecule has 0 saturated heterocycles. The van der Waals surface area contributed by atoms with Crippen LogP contribution in [-0.4, -0.2) is 7.11 Å². The third-order valence-electron chi connectivity index (χ3n) is 2.48. The van der Waals surface area contributed by atoms with Crippen LogP contribution in [0.1, 0.15) is 0 Å². The maximum atomic E-state index is 13.9. The smallest absolute Gasteiger partial charge is 0.188 e. The van der Waals surface area contributed by atoms with Crippen LogP contribution in [0, 0.1) is 5.82 Å². The number of halogens is 2. The SMILES string of the molecule is COc1cccc(Oc2c(N)cc(N)c(Cl)c2F)c1. The van der Waals surface area contributed by atoms with E-state index in [2.05, 4.69) is 0 Å². The van der Waals surface area contributed by atoms with E-state index in [1.54, 1.807) is 24.3 Å². The Labute approximate surface area is 114 Å². The summed E-state index contributed by atoms with van der Waals surface area (Å²) in [5.74, 6) is 0.0123. The van der Waals surface area contributed by atoms with Crippen LogP contribution in [0.3, 0.4) is 0 Å². The zero-order valence-electron chi connectivity index (χ0n) is 10.1. The monoisotopic (exact) mass is 282 g/mol. The summed E-state index contributed by atoms with van der Waals surface area (Å²) in [7, 11) is 1.52. The van der Waals surface area contributed by atoms with Crippen LogP contribution >= 0.6 is 11.6 Å². The molecule has 0 aliphatic carbocycles. The largest absolute Gasteiger partial charge is 0.497 e. The minimum absolute atomic E-state index is 0.0645. The van der Waals surface area contributed by atoms with Gasteiger partial charge >= 0.3 is 0 Å². The highest BCUT2D eigenvalue weighted by Gasteiger charge is 2.16. The number of methoxy groups -OCH3 is 1. The van der Waals surface area contributed by atoms with Gasteiger partial charge in [-0.2, -0.15) is 0 Å². The predicted molar refractivity (Wildman–Crippen MR) is 73.3 cm³/mol. The van der Waals surface area contributed by atoms with Gasteiger partial charge in [0.05, 0.1) is 18.5 Å². The number of rotatable bonds is 3. The number of hydrogen-bond donors (Lipinski definition) is 2. The average Bonchev–Trinajstić information content (AvgIpc) is 2.41. The fraction of sp³-hybridized carbons (Fsp3) is 0.0769. The van der Waals surface area contributed by atoms with Gasteiger partial charge in [0, 0.05) is 6.07 Å². The molecule has 0 aliphatic rings. The van der Waals surface area contributed by atoms with Crippen LogP contribution in [0.4, 0.5) is 15.8 Å². The zero-order chi connectivity index (χ0) is 14.0. The van der Waals surface area contributed by atoms with Crippen LogP contribution in [-0.2, 0) is 0 Å². The molecule has 0 heterocycles. The van der Waals surface area contributed by atoms with Crippen molar-refractivity contribution in [2.45, 2.75) is 0 Å². The first-order valence-electron chi connectivity index (χ1n) is 5.37. The molecule has 0 fully saturated rings. The zero-order valence-corrected chi connectivity index (χ0v) is 10.9. The first kappa shape index (κ1) is 13.3. The standard InChI is InChI=1S/C13H12ClFN2O2/c1-18-7-3-2-4-8(5-7)19-13-10(17)6-9(16)11(14)12(13)15/h2-6H,16-17H2,1H3. The highest BCUT2D eigenvalue weighted by Crippen LogP contribution is 2.38. The highest BCUT2D eigenvalue weighted by atomic mass is 35.5. The van der Waals surface area contributed by atoms with E-state index in [4.69, 9.17) is 32.5 Å². The van der Waals surface area contributed by atoms with Crippen molar-refractivity contribution in [1.82, 2.24) is 0 Å². The molecular formula is C13H12ClFN2O2. The summed E-state index contributed by atoms with van der Waals surface area (Å²) in [5, 5.41) is -0.216. The van der Waals surface area contributed by atoms with E-state index in [0.29, 0.717) is 11.5 Å². The van der Waals surface area contributed by atoms with E-state index in [9.17, 15) is 4.39 Å². The molecule has 4 N–H and O–H groups in total. The first-order valence-corrected chi connectivity index (χ1v) is 5.75. The van der Waals surface area contributed by atoms with Crippen molar-refractivity contribution in [2.24, 2.45) is 0 Å². The van der Waals surface area contributed by atoms with E-state index >= 15 is 0 Å². The van der Waals surface area contributed by atoms with Crippen molar-refractivity contribution in [3.05, 3.63) is 41.2 Å². The molecule has 2 rings (SSSR count). The average molecular weight is 283 g/mol. The Bertz CT molecular complexity index is 620. The van der Waals surface area contributed by atoms with E-state index in [-0.39, 0.29) is 22.1 Å². The molecule has 0 saturated carbocycles. The Hall–Kier alpha value is -2.14. The van der Waals surface area contributed by atoms with Crippen molar-refractivity contribution in [3.8, 4) is 17.2 Å². The fourth-order valence-corrected chi connectivity index (χ4v) is 1.68. The molecular weight excluding hydrogens is 271 g/mol. The van der Waals surface area contributed by atoms with Crippen molar-refractivity contribution >= 4 is 23.0 Å². The van der Waals surface area contributed by atoms with Crippen molar-refractivity contribution in [3.63, 3.8) is 0 Å². The molecule has 2 aromatic carbocycles. The number of benzene rings is 2. The van der Waals surface area contributed by atoms with Gasteiger partial charge in [0.25, 0.3) is 0 Å². The summed E-state index contributed by atoms with van der Waals surface area (Å²) >= 11 is 5.72. The number of anilines is 2. The third kappa shape index (κ3) is 2.66. The molecule has 6 heteroatoms. The number of hydrogen-bond acceptors (Lipinski definition) is 4. The Kier molecular flexibility index (Phi) is 3.66. The molecule has 0 unspecified atom stereocenters. The van der Waals surface area contributed by atoms with Gasteiger partial charge in [0.15, 0.2) is 11.6 Å². The van der Waals surface area contributed by atoms with E-state index in [0.717, 1.165) is 0 Å². The molecule has 0 aliphatic heterocycles. The minimum Gasteiger partial charge on any atom is -0.497 e.